The maximum Gasteiger partial charge on any atom is 0.343 e. The number of hydrogen-bond donors (Lipinski definition) is 7. The Kier molecular flexibility index (Phi) is 7.97. The molecule has 0 aliphatic carbocycles. The molecule has 2 aromatic rings. The summed E-state index contributed by atoms with van der Waals surface area (Å²) in [5.41, 5.74) is 1.45. The number of guanidine groups is 1. The second-order valence-corrected chi connectivity index (χ2v) is 7.67. The Balaban J connectivity index is 2.03. The third-order valence-electron chi connectivity index (χ3n) is 4.06. The fourth-order valence-electron chi connectivity index (χ4n) is 2.56. The highest BCUT2D eigenvalue weighted by atomic mass is 79.9. The summed E-state index contributed by atoms with van der Waals surface area (Å²) in [5, 5.41) is 34.5. The van der Waals surface area contributed by atoms with Gasteiger partial charge in [0.1, 0.15) is 5.50 Å². The quantitative estimate of drug-likeness (QED) is 0.120. The highest BCUT2D eigenvalue weighted by Gasteiger charge is 2.46. The molecule has 0 aliphatic heterocycles. The van der Waals surface area contributed by atoms with E-state index in [0.29, 0.717) is 10.2 Å². The van der Waals surface area contributed by atoms with Crippen molar-refractivity contribution >= 4 is 57.0 Å². The first kappa shape index (κ1) is 24.1. The molecule has 2 atom stereocenters. The highest BCUT2D eigenvalue weighted by Crippen LogP contribution is 2.30. The molecule has 0 fully saturated rings. The van der Waals surface area contributed by atoms with E-state index in [2.05, 4.69) is 31.9 Å². The second-order valence-electron chi connectivity index (χ2n) is 6.31. The van der Waals surface area contributed by atoms with E-state index in [4.69, 9.17) is 22.7 Å². The Labute approximate surface area is 190 Å². The number of alkyl halides is 1. The van der Waals surface area contributed by atoms with E-state index in [-0.39, 0.29) is 17.1 Å². The van der Waals surface area contributed by atoms with E-state index >= 15 is 0 Å². The fourth-order valence-corrected chi connectivity index (χ4v) is 3.30. The van der Waals surface area contributed by atoms with E-state index in [1.165, 1.54) is 30.3 Å². The van der Waals surface area contributed by atoms with Gasteiger partial charge in [-0.2, -0.15) is 0 Å². The Morgan fingerprint density at radius 1 is 1.19 bits per heavy atom. The Morgan fingerprint density at radius 2 is 1.87 bits per heavy atom. The van der Waals surface area contributed by atoms with Crippen LogP contribution in [0.15, 0.2) is 53.0 Å². The minimum atomic E-state index is -2.61. The van der Waals surface area contributed by atoms with Gasteiger partial charge in [-0.15, -0.1) is 0 Å². The molecule has 2 amide bonds. The number of amides is 2. The first-order chi connectivity index (χ1) is 14.5. The van der Waals surface area contributed by atoms with Gasteiger partial charge in [-0.1, -0.05) is 45.7 Å². The van der Waals surface area contributed by atoms with Crippen molar-refractivity contribution < 1.29 is 24.6 Å². The van der Waals surface area contributed by atoms with Crippen molar-refractivity contribution in [3.63, 3.8) is 0 Å². The van der Waals surface area contributed by atoms with E-state index in [9.17, 15) is 24.6 Å². The zero-order valence-corrected chi connectivity index (χ0v) is 18.2. The molecule has 2 unspecified atom stereocenters. The summed E-state index contributed by atoms with van der Waals surface area (Å²) in [5.74, 6) is -3.39. The monoisotopic (exact) mass is 511 g/mol. The Morgan fingerprint density at radius 3 is 2.48 bits per heavy atom. The van der Waals surface area contributed by atoms with Gasteiger partial charge in [0.15, 0.2) is 5.96 Å². The number of hydrogen-bond acceptors (Lipinski definition) is 5. The summed E-state index contributed by atoms with van der Waals surface area (Å²) in [6.45, 7) is -0.527. The number of aliphatic hydroxyl groups is 1. The van der Waals surface area contributed by atoms with Crippen LogP contribution in [0.25, 0.3) is 0 Å². The summed E-state index contributed by atoms with van der Waals surface area (Å²) >= 11 is 9.21. The number of carbonyl (C=O) groups is 3. The van der Waals surface area contributed by atoms with Gasteiger partial charge in [0.2, 0.25) is 11.5 Å². The smallest absolute Gasteiger partial charge is 0.343 e. The van der Waals surface area contributed by atoms with E-state index in [1.54, 1.807) is 18.2 Å². The van der Waals surface area contributed by atoms with Gasteiger partial charge < -0.3 is 31.9 Å². The van der Waals surface area contributed by atoms with Crippen LogP contribution < -0.4 is 21.7 Å². The van der Waals surface area contributed by atoms with Crippen molar-refractivity contribution in [2.45, 2.75) is 11.1 Å². The second kappa shape index (κ2) is 10.2. The van der Waals surface area contributed by atoms with Gasteiger partial charge in [0, 0.05) is 15.7 Å². The minimum absolute atomic E-state index is 0.0477. The van der Waals surface area contributed by atoms with Crippen LogP contribution in [0.1, 0.15) is 15.9 Å². The van der Waals surface area contributed by atoms with Crippen molar-refractivity contribution in [1.29, 1.82) is 5.41 Å². The average Bonchev–Trinajstić information content (AvgIpc) is 2.70. The SMILES string of the molecule is N=C(N)Nc1cccc(C(=O)NCC(=O)NC(Cl)C(O)(C(=O)O)c2cccc(Br)c2)c1. The van der Waals surface area contributed by atoms with Crippen molar-refractivity contribution in [2.24, 2.45) is 5.73 Å². The van der Waals surface area contributed by atoms with Crippen LogP contribution in [-0.4, -0.2) is 46.0 Å². The van der Waals surface area contributed by atoms with Gasteiger partial charge in [-0.3, -0.25) is 15.0 Å². The minimum Gasteiger partial charge on any atom is -0.479 e. The predicted octanol–water partition coefficient (Wildman–Crippen LogP) is 1.14. The molecule has 12 heteroatoms. The number of anilines is 1. The molecule has 2 aromatic carbocycles. The van der Waals surface area contributed by atoms with Crippen molar-refractivity contribution in [2.75, 3.05) is 11.9 Å². The zero-order valence-electron chi connectivity index (χ0n) is 15.9. The van der Waals surface area contributed by atoms with E-state index < -0.39 is 35.4 Å². The molecular formula is C19H19BrClN5O5. The van der Waals surface area contributed by atoms with Crippen LogP contribution in [-0.2, 0) is 15.2 Å². The van der Waals surface area contributed by atoms with Crippen LogP contribution >= 0.6 is 27.5 Å². The summed E-state index contributed by atoms with van der Waals surface area (Å²) in [6, 6.07) is 11.9. The lowest BCUT2D eigenvalue weighted by atomic mass is 9.93. The lowest BCUT2D eigenvalue weighted by Gasteiger charge is -2.29. The van der Waals surface area contributed by atoms with Crippen LogP contribution in [0, 0.1) is 5.41 Å². The van der Waals surface area contributed by atoms with Crippen molar-refractivity contribution in [3.8, 4) is 0 Å². The molecule has 164 valence electrons. The van der Waals surface area contributed by atoms with Gasteiger partial charge in [-0.25, -0.2) is 4.79 Å². The summed E-state index contributed by atoms with van der Waals surface area (Å²) in [7, 11) is 0. The number of nitrogens with two attached hydrogens (primary N) is 1. The van der Waals surface area contributed by atoms with Gasteiger partial charge in [0.25, 0.3) is 5.91 Å². The third kappa shape index (κ3) is 6.17. The predicted molar refractivity (Wildman–Crippen MR) is 118 cm³/mol. The third-order valence-corrected chi connectivity index (χ3v) is 4.98. The molecule has 0 saturated heterocycles. The van der Waals surface area contributed by atoms with Crippen molar-refractivity contribution in [3.05, 3.63) is 64.1 Å². The molecule has 2 rings (SSSR count). The van der Waals surface area contributed by atoms with Gasteiger partial charge >= 0.3 is 5.97 Å². The average molecular weight is 513 g/mol. The Hall–Kier alpha value is -3.15. The molecule has 0 radical (unpaired) electrons. The van der Waals surface area contributed by atoms with E-state index in [0.717, 1.165) is 0 Å². The number of nitrogens with one attached hydrogen (secondary N) is 4. The number of benzene rings is 2. The molecule has 31 heavy (non-hydrogen) atoms. The number of rotatable bonds is 8. The first-order valence-corrected chi connectivity index (χ1v) is 9.91. The molecule has 0 aromatic heterocycles. The standard InChI is InChI=1S/C19H19BrClN5O5/c20-12-5-2-4-11(8-12)19(31,17(29)30)16(21)26-14(27)9-24-15(28)10-3-1-6-13(7-10)25-18(22)23/h1-8,16,31H,9H2,(H,24,28)(H,26,27)(H,29,30)(H4,22,23,25). The molecule has 0 bridgehead atoms. The molecule has 10 nitrogen and oxygen atoms in total. The Bertz CT molecular complexity index is 1020. The van der Waals surface area contributed by atoms with E-state index in [1.807, 2.05) is 0 Å². The summed E-state index contributed by atoms with van der Waals surface area (Å²) < 4.78 is 0.508. The van der Waals surface area contributed by atoms with Crippen LogP contribution in [0.2, 0.25) is 0 Å². The van der Waals surface area contributed by atoms with Gasteiger partial charge in [0.05, 0.1) is 6.54 Å². The number of aliphatic carboxylic acids is 1. The molecule has 0 heterocycles. The maximum absolute atomic E-state index is 12.3. The zero-order chi connectivity index (χ0) is 23.2. The molecule has 0 aliphatic rings. The van der Waals surface area contributed by atoms with Crippen LogP contribution in [0.5, 0.6) is 0 Å². The fraction of sp³-hybridized carbons (Fsp3) is 0.158. The summed E-state index contributed by atoms with van der Waals surface area (Å²) in [6.07, 6.45) is 0. The maximum atomic E-state index is 12.3. The molecule has 0 spiro atoms. The first-order valence-electron chi connectivity index (χ1n) is 8.68. The number of carbonyl (C=O) groups excluding carboxylic acids is 2. The summed E-state index contributed by atoms with van der Waals surface area (Å²) in [4.78, 5) is 36.2. The largest absolute Gasteiger partial charge is 0.479 e. The normalized spacial score (nSPS) is 13.4. The lowest BCUT2D eigenvalue weighted by molar-refractivity contribution is -0.161. The van der Waals surface area contributed by atoms with Crippen LogP contribution in [0.4, 0.5) is 5.69 Å². The van der Waals surface area contributed by atoms with Crippen molar-refractivity contribution in [1.82, 2.24) is 10.6 Å². The molecular weight excluding hydrogens is 494 g/mol. The number of carboxylic acid groups (broad SMARTS) is 1. The topological polar surface area (TPSA) is 178 Å². The molecule has 8 N–H and O–H groups in total. The van der Waals surface area contributed by atoms with Gasteiger partial charge in [-0.05, 0) is 35.9 Å². The lowest BCUT2D eigenvalue weighted by Crippen LogP contribution is -2.54. The highest BCUT2D eigenvalue weighted by molar-refractivity contribution is 9.10. The number of halogens is 2. The van der Waals surface area contributed by atoms with Crippen LogP contribution in [0.3, 0.4) is 0 Å². The molecule has 0 saturated carbocycles. The number of carboxylic acids is 1.